The normalized spacial score (nSPS) is 28.0. The molecule has 38 heavy (non-hydrogen) atoms. The maximum atomic E-state index is 14.4. The van der Waals surface area contributed by atoms with Crippen LogP contribution in [0.3, 0.4) is 0 Å². The number of piperidine rings is 1. The number of carbonyl (C=O) groups excluding carboxylic acids is 3. The van der Waals surface area contributed by atoms with E-state index in [9.17, 15) is 14.4 Å². The molecule has 4 unspecified atom stereocenters. The van der Waals surface area contributed by atoms with Gasteiger partial charge in [-0.15, -0.1) is 0 Å². The Morgan fingerprint density at radius 1 is 0.684 bits per heavy atom. The van der Waals surface area contributed by atoms with Crippen LogP contribution in [0.4, 0.5) is 11.4 Å². The number of hydrogen-bond donors (Lipinski definition) is 1. The molecule has 0 aromatic heterocycles. The molecular formula is C32H21BrN2O3. The summed E-state index contributed by atoms with van der Waals surface area (Å²) >= 11 is 3.60. The van der Waals surface area contributed by atoms with E-state index in [1.165, 1.54) is 0 Å². The fourth-order valence-electron chi connectivity index (χ4n) is 7.69. The molecular weight excluding hydrogens is 540 g/mol. The molecule has 2 aliphatic carbocycles. The summed E-state index contributed by atoms with van der Waals surface area (Å²) in [4.78, 5) is 45.5. The van der Waals surface area contributed by atoms with Crippen LogP contribution >= 0.6 is 15.9 Å². The number of fused-ring (bicyclic) bond motifs is 10. The molecule has 5 nitrogen and oxygen atoms in total. The van der Waals surface area contributed by atoms with Crippen LogP contribution in [0, 0.1) is 11.8 Å². The Morgan fingerprint density at radius 2 is 1.24 bits per heavy atom. The summed E-state index contributed by atoms with van der Waals surface area (Å²) in [6.07, 6.45) is 0. The lowest BCUT2D eigenvalue weighted by atomic mass is 9.55. The summed E-state index contributed by atoms with van der Waals surface area (Å²) in [6, 6.07) is 30.1. The smallest absolute Gasteiger partial charge is 0.236 e. The average molecular weight is 561 g/mol. The third kappa shape index (κ3) is 2.49. The van der Waals surface area contributed by atoms with Gasteiger partial charge < -0.3 is 10.2 Å². The minimum absolute atomic E-state index is 0.0864. The summed E-state index contributed by atoms with van der Waals surface area (Å²) in [5, 5.41) is 3.08. The van der Waals surface area contributed by atoms with E-state index in [1.54, 1.807) is 0 Å². The van der Waals surface area contributed by atoms with Gasteiger partial charge in [-0.3, -0.25) is 14.4 Å². The zero-order chi connectivity index (χ0) is 25.8. The Bertz CT molecular complexity index is 1640. The Balaban J connectivity index is 1.52. The van der Waals surface area contributed by atoms with Gasteiger partial charge in [0.1, 0.15) is 5.41 Å². The highest BCUT2D eigenvalue weighted by molar-refractivity contribution is 9.10. The molecule has 1 fully saturated rings. The largest absolute Gasteiger partial charge is 0.356 e. The van der Waals surface area contributed by atoms with Crippen molar-refractivity contribution in [3.05, 3.63) is 129 Å². The Morgan fingerprint density at radius 3 is 1.84 bits per heavy atom. The van der Waals surface area contributed by atoms with Crippen LogP contribution in [0.2, 0.25) is 0 Å². The predicted molar refractivity (Wildman–Crippen MR) is 147 cm³/mol. The molecule has 1 amide bonds. The molecule has 2 aliphatic heterocycles. The van der Waals surface area contributed by atoms with Crippen molar-refractivity contribution in [2.24, 2.45) is 11.8 Å². The number of ketones is 2. The standard InChI is InChI=1S/C32H21BrN2O3/c33-17-14-15-24-23(16-17)32(31(38)34-24)25-27(19-10-4-6-12-21(19)29(25)36)35(18-8-2-1-3-9-18)28-20-11-5-7-13-22(20)30(37)26(28)32/h1-16,25-28H,(H,34,38). The first kappa shape index (κ1) is 22.0. The second-order valence-electron chi connectivity index (χ2n) is 10.5. The SMILES string of the molecule is O=C1c2ccccc2C2C1C1(C(=O)Nc3ccc(Br)cc31)C1C(=O)c3ccccc3C1N2c1ccccc1. The van der Waals surface area contributed by atoms with Crippen LogP contribution in [0.1, 0.15) is 49.5 Å². The van der Waals surface area contributed by atoms with E-state index in [0.29, 0.717) is 16.8 Å². The summed E-state index contributed by atoms with van der Waals surface area (Å²) in [5.74, 6) is -1.98. The van der Waals surface area contributed by atoms with Crippen molar-refractivity contribution in [2.75, 3.05) is 10.2 Å². The van der Waals surface area contributed by atoms with E-state index >= 15 is 0 Å². The molecule has 8 rings (SSSR count). The second kappa shape index (κ2) is 7.51. The molecule has 1 saturated heterocycles. The zero-order valence-electron chi connectivity index (χ0n) is 20.1. The molecule has 0 bridgehead atoms. The van der Waals surface area contributed by atoms with Crippen molar-refractivity contribution >= 4 is 44.8 Å². The minimum atomic E-state index is -1.36. The Labute approximate surface area is 227 Å². The van der Waals surface area contributed by atoms with Gasteiger partial charge in [-0.2, -0.15) is 0 Å². The maximum absolute atomic E-state index is 14.4. The van der Waals surface area contributed by atoms with E-state index in [2.05, 4.69) is 26.1 Å². The van der Waals surface area contributed by atoms with Gasteiger partial charge in [-0.25, -0.2) is 0 Å². The van der Waals surface area contributed by atoms with Gasteiger partial charge >= 0.3 is 0 Å². The molecule has 4 aromatic carbocycles. The number of halogens is 1. The monoisotopic (exact) mass is 560 g/mol. The number of hydrogen-bond acceptors (Lipinski definition) is 4. The van der Waals surface area contributed by atoms with Gasteiger partial charge in [0.05, 0.1) is 23.9 Å². The lowest BCUT2D eigenvalue weighted by molar-refractivity contribution is -0.125. The second-order valence-corrected chi connectivity index (χ2v) is 11.4. The molecule has 0 radical (unpaired) electrons. The topological polar surface area (TPSA) is 66.5 Å². The lowest BCUT2D eigenvalue weighted by Crippen LogP contribution is -2.62. The first-order valence-corrected chi connectivity index (χ1v) is 13.5. The van der Waals surface area contributed by atoms with Crippen molar-refractivity contribution in [3.8, 4) is 0 Å². The van der Waals surface area contributed by atoms with Crippen molar-refractivity contribution in [1.29, 1.82) is 0 Å². The maximum Gasteiger partial charge on any atom is 0.236 e. The molecule has 184 valence electrons. The van der Waals surface area contributed by atoms with Crippen LogP contribution in [0.5, 0.6) is 0 Å². The highest BCUT2D eigenvalue weighted by atomic mass is 79.9. The lowest BCUT2D eigenvalue weighted by Gasteiger charge is -2.54. The summed E-state index contributed by atoms with van der Waals surface area (Å²) in [5.41, 5.74) is 4.00. The van der Waals surface area contributed by atoms with Gasteiger partial charge in [-0.1, -0.05) is 82.7 Å². The third-order valence-corrected chi connectivity index (χ3v) is 9.47. The van der Waals surface area contributed by atoms with Gasteiger partial charge in [0.25, 0.3) is 0 Å². The Kier molecular flexibility index (Phi) is 4.35. The highest BCUT2D eigenvalue weighted by Gasteiger charge is 2.73. The van der Waals surface area contributed by atoms with Gasteiger partial charge in [0, 0.05) is 27.0 Å². The molecule has 4 atom stereocenters. The predicted octanol–water partition coefficient (Wildman–Crippen LogP) is 6.27. The van der Waals surface area contributed by atoms with Crippen LogP contribution in [0.25, 0.3) is 0 Å². The van der Waals surface area contributed by atoms with Gasteiger partial charge in [0.2, 0.25) is 5.91 Å². The average Bonchev–Trinajstić information content (AvgIpc) is 3.52. The molecule has 4 aromatic rings. The fourth-order valence-corrected chi connectivity index (χ4v) is 8.05. The van der Waals surface area contributed by atoms with E-state index in [4.69, 9.17) is 0 Å². The number of para-hydroxylation sites is 1. The number of nitrogens with zero attached hydrogens (tertiary/aromatic N) is 1. The van der Waals surface area contributed by atoms with Crippen molar-refractivity contribution in [3.63, 3.8) is 0 Å². The Hall–Kier alpha value is -4.03. The summed E-state index contributed by atoms with van der Waals surface area (Å²) in [6.45, 7) is 0. The van der Waals surface area contributed by atoms with Crippen LogP contribution in [0.15, 0.2) is 102 Å². The number of nitrogens with one attached hydrogen (secondary N) is 1. The van der Waals surface area contributed by atoms with E-state index < -0.39 is 29.3 Å². The molecule has 6 heteroatoms. The molecule has 0 saturated carbocycles. The molecule has 1 spiro atoms. The van der Waals surface area contributed by atoms with Crippen LogP contribution in [-0.4, -0.2) is 17.5 Å². The van der Waals surface area contributed by atoms with Crippen LogP contribution in [-0.2, 0) is 10.2 Å². The van der Waals surface area contributed by atoms with Gasteiger partial charge in [-0.05, 0) is 47.0 Å². The van der Waals surface area contributed by atoms with E-state index in [0.717, 1.165) is 26.9 Å². The number of carbonyl (C=O) groups is 3. The van der Waals surface area contributed by atoms with E-state index in [1.807, 2.05) is 97.1 Å². The summed E-state index contributed by atoms with van der Waals surface area (Å²) < 4.78 is 0.802. The molecule has 4 aliphatic rings. The summed E-state index contributed by atoms with van der Waals surface area (Å²) in [7, 11) is 0. The number of anilines is 2. The van der Waals surface area contributed by atoms with Crippen molar-refractivity contribution in [2.45, 2.75) is 17.5 Å². The van der Waals surface area contributed by atoms with Crippen molar-refractivity contribution in [1.82, 2.24) is 0 Å². The number of Topliss-reactive ketones (excluding diaryl/α,β-unsaturated/α-hetero) is 2. The first-order chi connectivity index (χ1) is 18.5. The van der Waals surface area contributed by atoms with Gasteiger partial charge in [0.15, 0.2) is 11.6 Å². The number of amides is 1. The van der Waals surface area contributed by atoms with Crippen molar-refractivity contribution < 1.29 is 14.4 Å². The number of rotatable bonds is 1. The highest BCUT2D eigenvalue weighted by Crippen LogP contribution is 2.67. The fraction of sp³-hybridized carbons (Fsp3) is 0.156. The first-order valence-electron chi connectivity index (χ1n) is 12.7. The quantitative estimate of drug-likeness (QED) is 0.298. The minimum Gasteiger partial charge on any atom is -0.356 e. The zero-order valence-corrected chi connectivity index (χ0v) is 21.7. The number of benzene rings is 4. The molecule has 1 N–H and O–H groups in total. The van der Waals surface area contributed by atoms with Crippen LogP contribution < -0.4 is 10.2 Å². The van der Waals surface area contributed by atoms with E-state index in [-0.39, 0.29) is 17.5 Å². The molecule has 2 heterocycles. The third-order valence-electron chi connectivity index (χ3n) is 8.97.